The van der Waals surface area contributed by atoms with E-state index in [1.165, 1.54) is 13.1 Å². The topological polar surface area (TPSA) is 465 Å². The van der Waals surface area contributed by atoms with E-state index >= 15 is 0 Å². The number of aliphatic hydroxyl groups excluding tert-OH is 4. The fourth-order valence-corrected chi connectivity index (χ4v) is 8.03. The number of nitrogens with one attached hydrogen (secondary N) is 4. The minimum atomic E-state index is -2.31. The van der Waals surface area contributed by atoms with Crippen LogP contribution < -0.4 is 43.9 Å². The number of carboxylic acid groups (broad SMARTS) is 1. The van der Waals surface area contributed by atoms with Gasteiger partial charge in [-0.2, -0.15) is 4.99 Å². The summed E-state index contributed by atoms with van der Waals surface area (Å²) in [5.74, 6) is -8.71. The molecule has 2 rings (SSSR count). The van der Waals surface area contributed by atoms with Gasteiger partial charge < -0.3 is 58.3 Å². The van der Waals surface area contributed by atoms with Gasteiger partial charge in [-0.25, -0.2) is 29.6 Å². The molecule has 31 heteroatoms. The van der Waals surface area contributed by atoms with E-state index in [1.54, 1.807) is 0 Å². The molecule has 1 aliphatic rings. The van der Waals surface area contributed by atoms with E-state index in [0.717, 1.165) is 36.1 Å². The van der Waals surface area contributed by atoms with E-state index in [2.05, 4.69) is 20.9 Å². The largest absolute Gasteiger partial charge is 0.480 e. The summed E-state index contributed by atoms with van der Waals surface area (Å²) < 4.78 is 1.78. The molecule has 1 saturated heterocycles. The predicted octanol–water partition coefficient (Wildman–Crippen LogP) is -6.74. The summed E-state index contributed by atoms with van der Waals surface area (Å²) in [6, 6.07) is -8.79. The molecular formula is C37H60N12O18S. The van der Waals surface area contributed by atoms with Crippen molar-refractivity contribution in [2.75, 3.05) is 26.2 Å². The van der Waals surface area contributed by atoms with Crippen molar-refractivity contribution in [1.29, 1.82) is 0 Å². The molecule has 10 atom stereocenters. The fourth-order valence-electron chi connectivity index (χ4n) is 6.46. The molecule has 0 unspecified atom stereocenters. The Morgan fingerprint density at radius 2 is 1.19 bits per heavy atom. The first-order valence-electron chi connectivity index (χ1n) is 20.8. The van der Waals surface area contributed by atoms with E-state index in [-0.39, 0.29) is 57.2 Å². The molecule has 1 aliphatic heterocycles. The summed E-state index contributed by atoms with van der Waals surface area (Å²) in [6.07, 6.45) is -5.91. The van der Waals surface area contributed by atoms with Crippen LogP contribution in [-0.4, -0.2) is 199 Å². The molecule has 0 radical (unpaired) electrons. The van der Waals surface area contributed by atoms with Crippen molar-refractivity contribution in [3.8, 4) is 0 Å². The summed E-state index contributed by atoms with van der Waals surface area (Å²) in [5.41, 5.74) is 9.99. The van der Waals surface area contributed by atoms with E-state index in [1.807, 2.05) is 5.32 Å². The highest BCUT2D eigenvalue weighted by Crippen LogP contribution is 2.43. The van der Waals surface area contributed by atoms with E-state index in [0.29, 0.717) is 27.0 Å². The number of nitrogens with zero attached hydrogens (tertiary/aromatic N) is 6. The number of carbonyl (C=O) groups is 9. The molecule has 68 heavy (non-hydrogen) atoms. The average Bonchev–Trinajstić information content (AvgIpc) is 3.56. The minimum Gasteiger partial charge on any atom is -0.480 e. The first kappa shape index (κ1) is 58.1. The molecule has 2 heterocycles. The van der Waals surface area contributed by atoms with Crippen LogP contribution in [0.25, 0.3) is 0 Å². The number of aromatic nitrogens is 2. The quantitative estimate of drug-likeness (QED) is 0.0320. The van der Waals surface area contributed by atoms with Crippen molar-refractivity contribution in [3.05, 3.63) is 28.2 Å². The second-order valence-corrected chi connectivity index (χ2v) is 16.8. The van der Waals surface area contributed by atoms with Gasteiger partial charge in [0.2, 0.25) is 41.4 Å². The normalized spacial score (nSPS) is 19.6. The average molecular weight is 993 g/mol. The Balaban J connectivity index is 2.35. The van der Waals surface area contributed by atoms with E-state index in [9.17, 15) is 89.1 Å². The molecule has 1 aromatic rings. The second kappa shape index (κ2) is 27.1. The van der Waals surface area contributed by atoms with Crippen LogP contribution >= 0.6 is 11.8 Å². The Morgan fingerprint density at radius 3 is 1.63 bits per heavy atom. The number of hydrogen-bond donors (Lipinski definition) is 14. The standard InChI is InChI=1S/C37H60N12O18S/c1-17(51)47(65)12-5-8-20(38)30(57)40-21(9-6-13-48(66)18(2)52)31(58)41-22(10-7-14-49(67)19(3)53)32(59)42-23(16-50)33(60)44-25(35(61)62)26(54)29-27(55)28(56)34(68-29)46-15-11-24(43-36(39)63)45(4)37(46)64/h11,15,20-23,25-29,34,50,54-56,65-67H,5-10,12-14,16,38H2,1-4H3,(H2,39,63)(H,40,57)(H,41,58)(H,42,59)(H,44,60)(H,61,62)/b43-24+/t20-,21-,22-,23-,25+,26+,27-,28+,29+,34+/m0/s1. The lowest BCUT2D eigenvalue weighted by Gasteiger charge is -2.29. The van der Waals surface area contributed by atoms with Crippen molar-refractivity contribution in [2.24, 2.45) is 23.5 Å². The second-order valence-electron chi connectivity index (χ2n) is 15.5. The summed E-state index contributed by atoms with van der Waals surface area (Å²) in [7, 11) is 1.21. The lowest BCUT2D eigenvalue weighted by Crippen LogP contribution is -2.61. The smallest absolute Gasteiger partial charge is 0.340 e. The van der Waals surface area contributed by atoms with Crippen LogP contribution in [0.3, 0.4) is 0 Å². The van der Waals surface area contributed by atoms with Gasteiger partial charge in [0.15, 0.2) is 6.04 Å². The van der Waals surface area contributed by atoms with Crippen molar-refractivity contribution < 1.29 is 84.3 Å². The number of carboxylic acids is 1. The Bertz CT molecular complexity index is 2130. The van der Waals surface area contributed by atoms with Gasteiger partial charge in [0, 0.05) is 53.6 Å². The van der Waals surface area contributed by atoms with E-state index < -0.39 is 131 Å². The van der Waals surface area contributed by atoms with Gasteiger partial charge in [-0.1, -0.05) is 0 Å². The Labute approximate surface area is 390 Å². The molecule has 0 saturated carbocycles. The summed E-state index contributed by atoms with van der Waals surface area (Å²) >= 11 is 0.545. The number of carbonyl (C=O) groups excluding carboxylic acids is 8. The third-order valence-corrected chi connectivity index (χ3v) is 12.0. The van der Waals surface area contributed by atoms with Crippen molar-refractivity contribution in [2.45, 2.75) is 118 Å². The number of primary amides is 1. The zero-order valence-electron chi connectivity index (χ0n) is 37.4. The number of aliphatic hydroxyl groups is 4. The Hall–Kier alpha value is -6.06. The van der Waals surface area contributed by atoms with Gasteiger partial charge in [-0.3, -0.25) is 58.3 Å². The first-order valence-corrected chi connectivity index (χ1v) is 21.7. The van der Waals surface area contributed by atoms with E-state index in [4.69, 9.17) is 11.5 Å². The van der Waals surface area contributed by atoms with Crippen LogP contribution in [-0.2, 0) is 45.4 Å². The van der Waals surface area contributed by atoms with Crippen LogP contribution in [0.1, 0.15) is 64.7 Å². The fraction of sp³-hybridized carbons (Fsp3) is 0.649. The number of thioether (sulfide) groups is 1. The number of rotatable bonds is 25. The summed E-state index contributed by atoms with van der Waals surface area (Å²) in [6.45, 7) is 1.07. The van der Waals surface area contributed by atoms with Gasteiger partial charge in [-0.05, 0) is 44.6 Å². The lowest BCUT2D eigenvalue weighted by atomic mass is 10.00. The molecule has 30 nitrogen and oxygen atoms in total. The molecule has 0 bridgehead atoms. The highest BCUT2D eigenvalue weighted by Gasteiger charge is 2.50. The SMILES string of the molecule is CC(=O)N(O)CCC[C@H](NC(=O)[C@H](CCCN(O)C(C)=O)NC(=O)[C@@H](N)CCCN(O)C(C)=O)C(=O)N[C@@H](CO)C(=O)N[C@@H](C(=O)O)[C@@H](O)[C@H]1S[C@@H](n2cc/c(=N\C(N)=O)n(C)c2=O)[C@H](O)[C@@H]1O. The molecule has 16 N–H and O–H groups in total. The van der Waals surface area contributed by atoms with Crippen LogP contribution in [0.2, 0.25) is 0 Å². The number of hydrogen-bond acceptors (Lipinski definition) is 19. The van der Waals surface area contributed by atoms with Crippen molar-refractivity contribution in [3.63, 3.8) is 0 Å². The summed E-state index contributed by atoms with van der Waals surface area (Å²) in [4.78, 5) is 129. The molecule has 0 spiro atoms. The maximum absolute atomic E-state index is 13.8. The molecule has 1 fully saturated rings. The Morgan fingerprint density at radius 1 is 0.750 bits per heavy atom. The number of hydroxylamine groups is 6. The molecule has 0 aliphatic carbocycles. The number of aliphatic carboxylic acids is 1. The molecule has 9 amide bonds. The van der Waals surface area contributed by atoms with Gasteiger partial charge >= 0.3 is 17.7 Å². The number of amides is 9. The maximum Gasteiger partial charge on any atom is 0.340 e. The summed E-state index contributed by atoms with van der Waals surface area (Å²) in [5, 5.41) is 89.5. The van der Waals surface area contributed by atoms with Crippen LogP contribution in [0.4, 0.5) is 4.79 Å². The molecule has 382 valence electrons. The zero-order valence-corrected chi connectivity index (χ0v) is 38.2. The number of urea groups is 1. The van der Waals surface area contributed by atoms with Crippen molar-refractivity contribution in [1.82, 2.24) is 45.6 Å². The van der Waals surface area contributed by atoms with Crippen molar-refractivity contribution >= 4 is 65.1 Å². The third kappa shape index (κ3) is 16.9. The van der Waals surface area contributed by atoms with Crippen LogP contribution in [0.15, 0.2) is 22.1 Å². The highest BCUT2D eigenvalue weighted by atomic mass is 32.2. The third-order valence-electron chi connectivity index (χ3n) is 10.4. The van der Waals surface area contributed by atoms with Gasteiger partial charge in [0.25, 0.3) is 0 Å². The maximum atomic E-state index is 13.8. The van der Waals surface area contributed by atoms with Gasteiger partial charge in [-0.15, -0.1) is 11.8 Å². The number of nitrogens with two attached hydrogens (primary N) is 2. The van der Waals surface area contributed by atoms with Crippen LogP contribution in [0, 0.1) is 0 Å². The lowest BCUT2D eigenvalue weighted by molar-refractivity contribution is -0.163. The minimum absolute atomic E-state index is 0.0520. The first-order chi connectivity index (χ1) is 31.7. The monoisotopic (exact) mass is 992 g/mol. The van der Waals surface area contributed by atoms with Gasteiger partial charge in [0.05, 0.1) is 30.1 Å². The molecule has 1 aromatic heterocycles. The zero-order chi connectivity index (χ0) is 51.7. The predicted molar refractivity (Wildman–Crippen MR) is 229 cm³/mol. The molecule has 0 aromatic carbocycles. The Kier molecular flexibility index (Phi) is 23.1. The highest BCUT2D eigenvalue weighted by molar-refractivity contribution is 8.00. The van der Waals surface area contributed by atoms with Gasteiger partial charge in [0.1, 0.15) is 35.1 Å². The molecular weight excluding hydrogens is 933 g/mol. The van der Waals surface area contributed by atoms with Crippen LogP contribution in [0.5, 0.6) is 0 Å².